The van der Waals surface area contributed by atoms with Gasteiger partial charge in [0.1, 0.15) is 19.0 Å². The summed E-state index contributed by atoms with van der Waals surface area (Å²) in [7, 11) is 0. The van der Waals surface area contributed by atoms with E-state index in [1.54, 1.807) is 0 Å². The van der Waals surface area contributed by atoms with Crippen molar-refractivity contribution < 1.29 is 14.2 Å². The normalized spacial score (nSPS) is 10.2. The third-order valence-corrected chi connectivity index (χ3v) is 2.92. The van der Waals surface area contributed by atoms with Gasteiger partial charge >= 0.3 is 0 Å². The molecule has 0 amide bonds. The number of hydrogen-bond acceptors (Lipinski definition) is 4. The zero-order valence-corrected chi connectivity index (χ0v) is 12.2. The van der Waals surface area contributed by atoms with E-state index in [4.69, 9.17) is 19.9 Å². The fourth-order valence-corrected chi connectivity index (χ4v) is 1.97. The van der Waals surface area contributed by atoms with Crippen molar-refractivity contribution in [1.29, 1.82) is 0 Å². The minimum Gasteiger partial charge on any atom is -0.490 e. The quantitative estimate of drug-likeness (QED) is 0.758. The van der Waals surface area contributed by atoms with Gasteiger partial charge in [0.15, 0.2) is 11.5 Å². The molecule has 0 aliphatic heterocycles. The summed E-state index contributed by atoms with van der Waals surface area (Å²) in [5, 5.41) is 0. The number of nitrogens with two attached hydrogens (primary N) is 1. The number of rotatable bonds is 8. The van der Waals surface area contributed by atoms with Gasteiger partial charge in [-0.15, -0.1) is 0 Å². The van der Waals surface area contributed by atoms with Crippen LogP contribution in [0.4, 0.5) is 0 Å². The molecule has 2 rings (SSSR count). The summed E-state index contributed by atoms with van der Waals surface area (Å²) in [6, 6.07) is 15.4. The Morgan fingerprint density at radius 3 is 2.33 bits per heavy atom. The van der Waals surface area contributed by atoms with Crippen molar-refractivity contribution in [3.8, 4) is 17.2 Å². The van der Waals surface area contributed by atoms with Gasteiger partial charge in [0.25, 0.3) is 0 Å². The van der Waals surface area contributed by atoms with Crippen LogP contribution in [0.25, 0.3) is 0 Å². The van der Waals surface area contributed by atoms with E-state index in [9.17, 15) is 0 Å². The predicted octanol–water partition coefficient (Wildman–Crippen LogP) is 3.00. The van der Waals surface area contributed by atoms with Crippen LogP contribution < -0.4 is 19.9 Å². The van der Waals surface area contributed by atoms with E-state index in [1.165, 1.54) is 0 Å². The molecule has 0 saturated heterocycles. The maximum Gasteiger partial charge on any atom is 0.165 e. The Bertz CT molecular complexity index is 543. The fourth-order valence-electron chi connectivity index (χ4n) is 1.97. The zero-order valence-electron chi connectivity index (χ0n) is 12.2. The van der Waals surface area contributed by atoms with Crippen molar-refractivity contribution in [2.24, 2.45) is 5.73 Å². The van der Waals surface area contributed by atoms with Gasteiger partial charge in [-0.05, 0) is 25.1 Å². The molecule has 4 heteroatoms. The van der Waals surface area contributed by atoms with Gasteiger partial charge in [-0.25, -0.2) is 0 Å². The molecule has 0 aliphatic carbocycles. The summed E-state index contributed by atoms with van der Waals surface area (Å²) in [6.45, 7) is 3.85. The van der Waals surface area contributed by atoms with E-state index >= 15 is 0 Å². The first-order valence-corrected chi connectivity index (χ1v) is 7.10. The first-order valence-electron chi connectivity index (χ1n) is 7.10. The van der Waals surface area contributed by atoms with Crippen molar-refractivity contribution in [2.75, 3.05) is 19.8 Å². The van der Waals surface area contributed by atoms with E-state index in [-0.39, 0.29) is 0 Å². The second-order valence-corrected chi connectivity index (χ2v) is 4.39. The molecule has 0 atom stereocenters. The van der Waals surface area contributed by atoms with E-state index in [0.717, 1.165) is 17.1 Å². The average molecular weight is 287 g/mol. The van der Waals surface area contributed by atoms with Crippen LogP contribution in [-0.2, 0) is 6.54 Å². The van der Waals surface area contributed by atoms with Gasteiger partial charge in [0, 0.05) is 12.1 Å². The maximum atomic E-state index is 5.80. The molecule has 0 heterocycles. The molecule has 2 aromatic rings. The van der Waals surface area contributed by atoms with Gasteiger partial charge < -0.3 is 19.9 Å². The Balaban J connectivity index is 1.92. The topological polar surface area (TPSA) is 53.7 Å². The molecular weight excluding hydrogens is 266 g/mol. The van der Waals surface area contributed by atoms with Crippen LogP contribution in [0, 0.1) is 0 Å². The Morgan fingerprint density at radius 2 is 1.62 bits per heavy atom. The molecule has 4 nitrogen and oxygen atoms in total. The summed E-state index contributed by atoms with van der Waals surface area (Å²) in [6.07, 6.45) is 0. The molecule has 21 heavy (non-hydrogen) atoms. The lowest BCUT2D eigenvalue weighted by atomic mass is 10.2. The Labute approximate surface area is 125 Å². The minimum atomic E-state index is 0.412. The van der Waals surface area contributed by atoms with Crippen LogP contribution in [0.15, 0.2) is 48.5 Å². The molecule has 0 unspecified atom stereocenters. The van der Waals surface area contributed by atoms with Crippen molar-refractivity contribution in [1.82, 2.24) is 0 Å². The van der Waals surface area contributed by atoms with Crippen molar-refractivity contribution in [3.05, 3.63) is 54.1 Å². The van der Waals surface area contributed by atoms with Crippen LogP contribution in [-0.4, -0.2) is 19.8 Å². The van der Waals surface area contributed by atoms with Crippen molar-refractivity contribution in [2.45, 2.75) is 13.5 Å². The van der Waals surface area contributed by atoms with E-state index < -0.39 is 0 Å². The van der Waals surface area contributed by atoms with Crippen molar-refractivity contribution >= 4 is 0 Å². The third-order valence-electron chi connectivity index (χ3n) is 2.92. The number of hydrogen-bond donors (Lipinski definition) is 1. The zero-order chi connectivity index (χ0) is 14.9. The van der Waals surface area contributed by atoms with Gasteiger partial charge in [-0.2, -0.15) is 0 Å². The largest absolute Gasteiger partial charge is 0.490 e. The number of ether oxygens (including phenoxy) is 3. The highest BCUT2D eigenvalue weighted by atomic mass is 16.5. The second kappa shape index (κ2) is 8.17. The minimum absolute atomic E-state index is 0.412. The molecule has 0 aromatic heterocycles. The highest BCUT2D eigenvalue weighted by molar-refractivity contribution is 5.46. The molecule has 0 fully saturated rings. The summed E-state index contributed by atoms with van der Waals surface area (Å²) in [5.74, 6) is 2.26. The summed E-state index contributed by atoms with van der Waals surface area (Å²) in [5.41, 5.74) is 6.68. The molecule has 0 aliphatic rings. The summed E-state index contributed by atoms with van der Waals surface area (Å²) >= 11 is 0. The summed E-state index contributed by atoms with van der Waals surface area (Å²) in [4.78, 5) is 0. The van der Waals surface area contributed by atoms with E-state index in [1.807, 2.05) is 55.5 Å². The number of para-hydroxylation sites is 2. The number of benzene rings is 2. The molecule has 2 N–H and O–H groups in total. The Hall–Kier alpha value is -2.20. The second-order valence-electron chi connectivity index (χ2n) is 4.39. The molecule has 0 saturated carbocycles. The first-order chi connectivity index (χ1) is 10.3. The fraction of sp³-hybridized carbons (Fsp3) is 0.294. The predicted molar refractivity (Wildman–Crippen MR) is 82.9 cm³/mol. The summed E-state index contributed by atoms with van der Waals surface area (Å²) < 4.78 is 17.0. The molecule has 112 valence electrons. The molecule has 0 spiro atoms. The van der Waals surface area contributed by atoms with Crippen LogP contribution in [0.1, 0.15) is 12.5 Å². The van der Waals surface area contributed by atoms with Gasteiger partial charge in [0.2, 0.25) is 0 Å². The maximum absolute atomic E-state index is 5.80. The van der Waals surface area contributed by atoms with E-state index in [2.05, 4.69) is 0 Å². The lowest BCUT2D eigenvalue weighted by Gasteiger charge is -2.15. The van der Waals surface area contributed by atoms with E-state index in [0.29, 0.717) is 32.1 Å². The Morgan fingerprint density at radius 1 is 0.857 bits per heavy atom. The van der Waals surface area contributed by atoms with Gasteiger partial charge in [-0.3, -0.25) is 0 Å². The standard InChI is InChI=1S/C17H21NO3/c1-2-19-16-10-6-7-14(13-18)17(16)21-12-11-20-15-8-4-3-5-9-15/h3-10H,2,11-13,18H2,1H3. The SMILES string of the molecule is CCOc1cccc(CN)c1OCCOc1ccccc1. The molecule has 0 radical (unpaired) electrons. The highest BCUT2D eigenvalue weighted by Crippen LogP contribution is 2.31. The third kappa shape index (κ3) is 4.39. The van der Waals surface area contributed by atoms with Crippen LogP contribution >= 0.6 is 0 Å². The molecular formula is C17H21NO3. The van der Waals surface area contributed by atoms with Gasteiger partial charge in [0.05, 0.1) is 6.61 Å². The van der Waals surface area contributed by atoms with Crippen LogP contribution in [0.3, 0.4) is 0 Å². The highest BCUT2D eigenvalue weighted by Gasteiger charge is 2.09. The first kappa shape index (κ1) is 15.2. The van der Waals surface area contributed by atoms with Gasteiger partial charge in [-0.1, -0.05) is 30.3 Å². The van der Waals surface area contributed by atoms with Crippen LogP contribution in [0.5, 0.6) is 17.2 Å². The molecule has 2 aromatic carbocycles. The van der Waals surface area contributed by atoms with Crippen molar-refractivity contribution in [3.63, 3.8) is 0 Å². The monoisotopic (exact) mass is 287 g/mol. The van der Waals surface area contributed by atoms with Crippen LogP contribution in [0.2, 0.25) is 0 Å². The smallest absolute Gasteiger partial charge is 0.165 e. The molecule has 0 bridgehead atoms. The lowest BCUT2D eigenvalue weighted by molar-refractivity contribution is 0.207. The average Bonchev–Trinajstić information content (AvgIpc) is 2.53. The lowest BCUT2D eigenvalue weighted by Crippen LogP contribution is -2.12. The Kier molecular flexibility index (Phi) is 5.91.